The van der Waals surface area contributed by atoms with Crippen molar-refractivity contribution in [3.8, 4) is 0 Å². The van der Waals surface area contributed by atoms with Gasteiger partial charge in [0.1, 0.15) is 12.2 Å². The monoisotopic (exact) mass is 296 g/mol. The molecule has 18 heavy (non-hydrogen) atoms. The first-order chi connectivity index (χ1) is 7.93. The molecule has 0 aromatic carbocycles. The van der Waals surface area contributed by atoms with Gasteiger partial charge in [-0.25, -0.2) is 4.57 Å². The summed E-state index contributed by atoms with van der Waals surface area (Å²) < 4.78 is 55.0. The highest BCUT2D eigenvalue weighted by atomic mass is 31.2. The first kappa shape index (κ1) is 15.1. The Hall–Kier alpha value is -1.00. The second kappa shape index (κ2) is 4.59. The lowest BCUT2D eigenvalue weighted by atomic mass is 10.0. The van der Waals surface area contributed by atoms with E-state index >= 15 is 0 Å². The number of aliphatic hydroxyl groups excluding tert-OH is 3. The van der Waals surface area contributed by atoms with Crippen molar-refractivity contribution in [2.45, 2.75) is 24.5 Å². The Morgan fingerprint density at radius 1 is 1.28 bits per heavy atom. The van der Waals surface area contributed by atoms with Gasteiger partial charge in [0.05, 0.1) is 0 Å². The summed E-state index contributed by atoms with van der Waals surface area (Å²) in [5.41, 5.74) is 0. The predicted molar refractivity (Wildman–Crippen MR) is 45.7 cm³/mol. The highest BCUT2D eigenvalue weighted by Gasteiger charge is 2.54. The van der Waals surface area contributed by atoms with Gasteiger partial charge < -0.3 is 24.6 Å². The van der Waals surface area contributed by atoms with Crippen molar-refractivity contribution in [1.82, 2.24) is 0 Å². The molecule has 8 nitrogen and oxygen atoms in total. The fourth-order valence-corrected chi connectivity index (χ4v) is 1.48. The number of hydrogen-bond acceptors (Lipinski definition) is 6. The third kappa shape index (κ3) is 3.27. The van der Waals surface area contributed by atoms with Crippen molar-refractivity contribution in [1.29, 1.82) is 0 Å². The van der Waals surface area contributed by atoms with Gasteiger partial charge in [0, 0.05) is 0 Å². The van der Waals surface area contributed by atoms with Crippen LogP contribution in [0.2, 0.25) is 0 Å². The summed E-state index contributed by atoms with van der Waals surface area (Å²) >= 11 is 0. The smallest absolute Gasteiger partial charge is 0.504 e. The van der Waals surface area contributed by atoms with Crippen LogP contribution in [-0.2, 0) is 13.8 Å². The Morgan fingerprint density at radius 3 is 2.17 bits per heavy atom. The van der Waals surface area contributed by atoms with E-state index in [0.29, 0.717) is 0 Å². The van der Waals surface area contributed by atoms with Crippen LogP contribution < -0.4 is 0 Å². The molecule has 106 valence electrons. The van der Waals surface area contributed by atoms with Crippen LogP contribution in [0.5, 0.6) is 0 Å². The summed E-state index contributed by atoms with van der Waals surface area (Å²) in [6.45, 7) is 0. The minimum Gasteiger partial charge on any atom is -0.504 e. The maximum atomic E-state index is 12.3. The number of halogens is 3. The van der Waals surface area contributed by atoms with E-state index in [1.165, 1.54) is 0 Å². The fraction of sp³-hybridized carbons (Fsp3) is 0.667. The average molecular weight is 296 g/mol. The molecule has 0 saturated carbocycles. The normalized spacial score (nSPS) is 30.1. The Balaban J connectivity index is 3.07. The van der Waals surface area contributed by atoms with Crippen molar-refractivity contribution in [3.63, 3.8) is 0 Å². The lowest BCUT2D eigenvalue weighted by Gasteiger charge is -2.33. The highest BCUT2D eigenvalue weighted by Crippen LogP contribution is 2.43. The van der Waals surface area contributed by atoms with Crippen molar-refractivity contribution in [2.75, 3.05) is 0 Å². The number of aliphatic hydroxyl groups is 3. The van der Waals surface area contributed by atoms with Crippen LogP contribution in [0.25, 0.3) is 0 Å². The summed E-state index contributed by atoms with van der Waals surface area (Å²) in [5, 5.41) is 27.2. The van der Waals surface area contributed by atoms with Gasteiger partial charge in [0.2, 0.25) is 11.9 Å². The second-order valence-corrected chi connectivity index (χ2v) is 4.43. The first-order valence-electron chi connectivity index (χ1n) is 4.21. The van der Waals surface area contributed by atoms with Gasteiger partial charge in [-0.15, -0.1) is 0 Å². The van der Waals surface area contributed by atoms with Gasteiger partial charge >= 0.3 is 19.9 Å². The first-order valence-corrected chi connectivity index (χ1v) is 5.74. The number of alkyl halides is 3. The Kier molecular flexibility index (Phi) is 3.84. The molecule has 12 heteroatoms. The maximum absolute atomic E-state index is 12.3. The lowest BCUT2D eigenvalue weighted by Crippen LogP contribution is -2.51. The van der Waals surface area contributed by atoms with Gasteiger partial charge in [-0.3, -0.25) is 9.79 Å². The zero-order valence-corrected chi connectivity index (χ0v) is 9.17. The van der Waals surface area contributed by atoms with E-state index in [2.05, 4.69) is 9.26 Å². The van der Waals surface area contributed by atoms with Crippen LogP contribution in [0.1, 0.15) is 0 Å². The molecule has 0 bridgehead atoms. The fourth-order valence-electron chi connectivity index (χ4n) is 1.13. The Bertz CT molecular complexity index is 400. The molecule has 0 aromatic rings. The van der Waals surface area contributed by atoms with Crippen LogP contribution in [0, 0.1) is 0 Å². The molecule has 1 heterocycles. The molecular formula is C6H8F3O8P. The molecule has 1 aliphatic heterocycles. The summed E-state index contributed by atoms with van der Waals surface area (Å²) in [6.07, 6.45) is -13.2. The Labute approximate surface area is 97.1 Å². The standard InChI is InChI=1S/C6H8F3O8P/c7-6(8,9)4-2(11)1(10)3(12)5(16-4)17-18(13,14)15/h1-2,4,10-12H,(H2,13,14,15)/t1?,2-,4?/m0/s1. The van der Waals surface area contributed by atoms with Crippen molar-refractivity contribution in [3.05, 3.63) is 11.7 Å². The van der Waals surface area contributed by atoms with E-state index in [0.717, 1.165) is 0 Å². The molecule has 1 aliphatic rings. The molecule has 5 N–H and O–H groups in total. The lowest BCUT2D eigenvalue weighted by molar-refractivity contribution is -0.264. The van der Waals surface area contributed by atoms with Gasteiger partial charge in [-0.1, -0.05) is 0 Å². The third-order valence-electron chi connectivity index (χ3n) is 1.88. The molecule has 0 fully saturated rings. The van der Waals surface area contributed by atoms with E-state index in [1.54, 1.807) is 0 Å². The molecule has 2 unspecified atom stereocenters. The molecule has 0 radical (unpaired) electrons. The summed E-state index contributed by atoms with van der Waals surface area (Å²) in [5.74, 6) is -3.05. The molecule has 0 aliphatic carbocycles. The van der Waals surface area contributed by atoms with E-state index in [4.69, 9.17) is 25.1 Å². The molecule has 3 atom stereocenters. The van der Waals surface area contributed by atoms with E-state index in [1.807, 2.05) is 0 Å². The number of hydrogen-bond donors (Lipinski definition) is 5. The van der Waals surface area contributed by atoms with Crippen LogP contribution in [0.15, 0.2) is 11.7 Å². The minimum atomic E-state index is -5.30. The van der Waals surface area contributed by atoms with Gasteiger partial charge in [-0.2, -0.15) is 13.2 Å². The van der Waals surface area contributed by atoms with E-state index < -0.39 is 44.0 Å². The number of phosphoric acid groups is 1. The minimum absolute atomic E-state index is 1.45. The largest absolute Gasteiger partial charge is 0.527 e. The van der Waals surface area contributed by atoms with Gasteiger partial charge in [0.25, 0.3) is 0 Å². The maximum Gasteiger partial charge on any atom is 0.527 e. The quantitative estimate of drug-likeness (QED) is 0.430. The van der Waals surface area contributed by atoms with E-state index in [-0.39, 0.29) is 0 Å². The number of phosphoric ester groups is 1. The summed E-state index contributed by atoms with van der Waals surface area (Å²) in [6, 6.07) is 0. The SMILES string of the molecule is O=P(O)(O)OC1=C(O)C(O)[C@H](O)C(C(F)(F)F)O1. The summed E-state index contributed by atoms with van der Waals surface area (Å²) in [7, 11) is -5.30. The van der Waals surface area contributed by atoms with Crippen LogP contribution in [-0.4, -0.2) is 49.6 Å². The van der Waals surface area contributed by atoms with E-state index in [9.17, 15) is 17.7 Å². The predicted octanol–water partition coefficient (Wildman–Crippen LogP) is -0.494. The zero-order chi connectivity index (χ0) is 14.3. The zero-order valence-electron chi connectivity index (χ0n) is 8.27. The Morgan fingerprint density at radius 2 is 1.78 bits per heavy atom. The van der Waals surface area contributed by atoms with Gasteiger partial charge in [-0.05, 0) is 0 Å². The molecular weight excluding hydrogens is 288 g/mol. The van der Waals surface area contributed by atoms with Crippen LogP contribution in [0.3, 0.4) is 0 Å². The average Bonchev–Trinajstić information content (AvgIpc) is 2.15. The molecule has 1 rings (SSSR count). The molecule has 0 amide bonds. The third-order valence-corrected chi connectivity index (χ3v) is 2.29. The van der Waals surface area contributed by atoms with Crippen molar-refractivity contribution in [2.24, 2.45) is 0 Å². The second-order valence-electron chi connectivity index (χ2n) is 3.27. The summed E-state index contributed by atoms with van der Waals surface area (Å²) in [4.78, 5) is 16.7. The van der Waals surface area contributed by atoms with Crippen molar-refractivity contribution < 1.29 is 52.1 Å². The van der Waals surface area contributed by atoms with Crippen molar-refractivity contribution >= 4 is 7.82 Å². The molecule has 0 spiro atoms. The topological polar surface area (TPSA) is 137 Å². The number of ether oxygens (including phenoxy) is 1. The van der Waals surface area contributed by atoms with Gasteiger partial charge in [0.15, 0.2) is 0 Å². The van der Waals surface area contributed by atoms with Crippen LogP contribution >= 0.6 is 7.82 Å². The number of rotatable bonds is 2. The molecule has 0 aromatic heterocycles. The van der Waals surface area contributed by atoms with Crippen LogP contribution in [0.4, 0.5) is 13.2 Å². The highest BCUT2D eigenvalue weighted by molar-refractivity contribution is 7.46. The molecule has 0 saturated heterocycles.